The molecule has 0 heterocycles. The first kappa shape index (κ1) is 10.3. The summed E-state index contributed by atoms with van der Waals surface area (Å²) in [5.41, 5.74) is 5.62. The monoisotopic (exact) mass is 207 g/mol. The third-order valence-electron chi connectivity index (χ3n) is 2.97. The normalized spacial score (nSPS) is 25.4. The Kier molecular flexibility index (Phi) is 3.11. The maximum absolute atomic E-state index is 9.13. The molecule has 3 nitrogen and oxygen atoms in total. The molecule has 2 unspecified atom stereocenters. The molecule has 1 aliphatic carbocycles. The van der Waals surface area contributed by atoms with E-state index in [4.69, 9.17) is 15.6 Å². The summed E-state index contributed by atoms with van der Waals surface area (Å²) < 4.78 is 5.80. The molecule has 1 fully saturated rings. The summed E-state index contributed by atoms with van der Waals surface area (Å²) >= 11 is 0. The second-order valence-corrected chi connectivity index (χ2v) is 4.15. The minimum Gasteiger partial charge on any atom is -0.508 e. The van der Waals surface area contributed by atoms with Crippen molar-refractivity contribution in [2.24, 2.45) is 11.7 Å². The number of hydrogen-bond acceptors (Lipinski definition) is 3. The van der Waals surface area contributed by atoms with Crippen LogP contribution in [0.2, 0.25) is 0 Å². The quantitative estimate of drug-likeness (QED) is 0.796. The number of aromatic hydroxyl groups is 1. The average Bonchev–Trinajstić information content (AvgIpc) is 2.69. The molecule has 0 aromatic heterocycles. The minimum atomic E-state index is 0.272. The van der Waals surface area contributed by atoms with Crippen LogP contribution in [0.5, 0.6) is 11.5 Å². The maximum atomic E-state index is 9.13. The summed E-state index contributed by atoms with van der Waals surface area (Å²) in [5, 5.41) is 9.13. The molecule has 0 amide bonds. The van der Waals surface area contributed by atoms with Gasteiger partial charge >= 0.3 is 0 Å². The molecule has 1 saturated carbocycles. The number of rotatable bonds is 3. The Balaban J connectivity index is 1.90. The van der Waals surface area contributed by atoms with Crippen LogP contribution in [0.25, 0.3) is 0 Å². The summed E-state index contributed by atoms with van der Waals surface area (Å²) in [7, 11) is 0. The van der Waals surface area contributed by atoms with E-state index in [0.29, 0.717) is 12.0 Å². The first-order valence-corrected chi connectivity index (χ1v) is 5.43. The second-order valence-electron chi connectivity index (χ2n) is 4.15. The van der Waals surface area contributed by atoms with E-state index in [-0.39, 0.29) is 5.75 Å². The number of nitrogens with two attached hydrogens (primary N) is 1. The van der Waals surface area contributed by atoms with Gasteiger partial charge in [-0.3, -0.25) is 0 Å². The Morgan fingerprint density at radius 3 is 2.60 bits per heavy atom. The maximum Gasteiger partial charge on any atom is 0.119 e. The van der Waals surface area contributed by atoms with Crippen molar-refractivity contribution in [3.05, 3.63) is 24.3 Å². The Bertz CT molecular complexity index is 310. The van der Waals surface area contributed by atoms with Crippen molar-refractivity contribution in [1.82, 2.24) is 0 Å². The predicted octanol–water partition coefficient (Wildman–Crippen LogP) is 1.90. The van der Waals surface area contributed by atoms with Gasteiger partial charge in [0.05, 0.1) is 6.10 Å². The summed E-state index contributed by atoms with van der Waals surface area (Å²) in [5.74, 6) is 1.72. The van der Waals surface area contributed by atoms with Crippen LogP contribution in [0.3, 0.4) is 0 Å². The minimum absolute atomic E-state index is 0.272. The van der Waals surface area contributed by atoms with Crippen LogP contribution >= 0.6 is 0 Å². The average molecular weight is 207 g/mol. The number of benzene rings is 1. The van der Waals surface area contributed by atoms with E-state index >= 15 is 0 Å². The van der Waals surface area contributed by atoms with Crippen LogP contribution in [-0.2, 0) is 0 Å². The Morgan fingerprint density at radius 2 is 2.00 bits per heavy atom. The zero-order valence-corrected chi connectivity index (χ0v) is 8.73. The van der Waals surface area contributed by atoms with Crippen molar-refractivity contribution in [1.29, 1.82) is 0 Å². The van der Waals surface area contributed by atoms with Crippen molar-refractivity contribution in [3.8, 4) is 11.5 Å². The van der Waals surface area contributed by atoms with E-state index in [1.54, 1.807) is 24.3 Å². The number of ether oxygens (including phenoxy) is 1. The van der Waals surface area contributed by atoms with Gasteiger partial charge in [-0.2, -0.15) is 0 Å². The lowest BCUT2D eigenvalue weighted by Gasteiger charge is -2.13. The van der Waals surface area contributed by atoms with Gasteiger partial charge < -0.3 is 15.6 Å². The van der Waals surface area contributed by atoms with Crippen LogP contribution in [0.1, 0.15) is 19.3 Å². The van der Waals surface area contributed by atoms with E-state index in [1.165, 1.54) is 6.42 Å². The van der Waals surface area contributed by atoms with E-state index in [0.717, 1.165) is 25.1 Å². The largest absolute Gasteiger partial charge is 0.508 e. The lowest BCUT2D eigenvalue weighted by molar-refractivity contribution is 0.204. The zero-order valence-electron chi connectivity index (χ0n) is 8.73. The third kappa shape index (κ3) is 2.63. The van der Waals surface area contributed by atoms with Crippen LogP contribution in [0, 0.1) is 5.92 Å². The van der Waals surface area contributed by atoms with Crippen LogP contribution in [0.15, 0.2) is 24.3 Å². The van der Waals surface area contributed by atoms with Gasteiger partial charge in [-0.15, -0.1) is 0 Å². The molecule has 1 aliphatic rings. The molecule has 15 heavy (non-hydrogen) atoms. The number of phenols is 1. The van der Waals surface area contributed by atoms with Crippen LogP contribution in [-0.4, -0.2) is 17.8 Å². The second kappa shape index (κ2) is 4.53. The topological polar surface area (TPSA) is 55.5 Å². The first-order chi connectivity index (χ1) is 7.28. The third-order valence-corrected chi connectivity index (χ3v) is 2.97. The SMILES string of the molecule is NCC1CCC(Oc2ccc(O)cc2)C1. The highest BCUT2D eigenvalue weighted by Crippen LogP contribution is 2.28. The van der Waals surface area contributed by atoms with E-state index in [2.05, 4.69) is 0 Å². The van der Waals surface area contributed by atoms with Gasteiger partial charge in [0, 0.05) is 0 Å². The highest BCUT2D eigenvalue weighted by Gasteiger charge is 2.24. The Morgan fingerprint density at radius 1 is 1.27 bits per heavy atom. The molecule has 2 rings (SSSR count). The standard InChI is InChI=1S/C12H17NO2/c13-8-9-1-4-12(7-9)15-11-5-2-10(14)3-6-11/h2-3,5-6,9,12,14H,1,4,7-8,13H2. The molecule has 2 atom stereocenters. The lowest BCUT2D eigenvalue weighted by atomic mass is 10.1. The molecule has 1 aromatic carbocycles. The zero-order chi connectivity index (χ0) is 10.7. The lowest BCUT2D eigenvalue weighted by Crippen LogP contribution is -2.15. The molecule has 1 aromatic rings. The van der Waals surface area contributed by atoms with Crippen LogP contribution in [0.4, 0.5) is 0 Å². The summed E-state index contributed by atoms with van der Waals surface area (Å²) in [4.78, 5) is 0. The summed E-state index contributed by atoms with van der Waals surface area (Å²) in [6.07, 6.45) is 3.60. The molecule has 0 spiro atoms. The van der Waals surface area contributed by atoms with Gasteiger partial charge in [0.15, 0.2) is 0 Å². The molecular formula is C12H17NO2. The van der Waals surface area contributed by atoms with Gasteiger partial charge in [-0.1, -0.05) is 0 Å². The van der Waals surface area contributed by atoms with Gasteiger partial charge in [0.2, 0.25) is 0 Å². The van der Waals surface area contributed by atoms with E-state index in [9.17, 15) is 0 Å². The van der Waals surface area contributed by atoms with Gasteiger partial charge in [-0.05, 0) is 56.0 Å². The fourth-order valence-electron chi connectivity index (χ4n) is 2.07. The summed E-state index contributed by atoms with van der Waals surface area (Å²) in [6.45, 7) is 0.759. The van der Waals surface area contributed by atoms with Gasteiger partial charge in [0.1, 0.15) is 11.5 Å². The predicted molar refractivity (Wildman–Crippen MR) is 58.9 cm³/mol. The van der Waals surface area contributed by atoms with Crippen LogP contribution < -0.4 is 10.5 Å². The van der Waals surface area contributed by atoms with Gasteiger partial charge in [0.25, 0.3) is 0 Å². The fraction of sp³-hybridized carbons (Fsp3) is 0.500. The molecule has 0 bridgehead atoms. The molecular weight excluding hydrogens is 190 g/mol. The number of phenolic OH excluding ortho intramolecular Hbond substituents is 1. The smallest absolute Gasteiger partial charge is 0.119 e. The molecule has 82 valence electrons. The van der Waals surface area contributed by atoms with Crippen molar-refractivity contribution in [3.63, 3.8) is 0 Å². The summed E-state index contributed by atoms with van der Waals surface area (Å²) in [6, 6.07) is 6.88. The molecule has 0 saturated heterocycles. The highest BCUT2D eigenvalue weighted by molar-refractivity contribution is 5.30. The molecule has 3 N–H and O–H groups in total. The van der Waals surface area contributed by atoms with Gasteiger partial charge in [-0.25, -0.2) is 0 Å². The number of hydrogen-bond donors (Lipinski definition) is 2. The van der Waals surface area contributed by atoms with Crippen molar-refractivity contribution < 1.29 is 9.84 Å². The molecule has 0 aliphatic heterocycles. The first-order valence-electron chi connectivity index (χ1n) is 5.43. The molecule has 3 heteroatoms. The van der Waals surface area contributed by atoms with E-state index in [1.807, 2.05) is 0 Å². The Labute approximate surface area is 89.9 Å². The fourth-order valence-corrected chi connectivity index (χ4v) is 2.07. The van der Waals surface area contributed by atoms with Crippen molar-refractivity contribution in [2.75, 3.05) is 6.54 Å². The molecule has 0 radical (unpaired) electrons. The van der Waals surface area contributed by atoms with Crippen molar-refractivity contribution in [2.45, 2.75) is 25.4 Å². The Hall–Kier alpha value is -1.22. The van der Waals surface area contributed by atoms with E-state index < -0.39 is 0 Å². The highest BCUT2D eigenvalue weighted by atomic mass is 16.5. The van der Waals surface area contributed by atoms with Crippen molar-refractivity contribution >= 4 is 0 Å².